The SMILES string of the molecule is COCCCN1C(=O)C(O)=C(C(=O)c2sc(-c3ccccc3)nc2C)C1c1ccc(O)cc1. The number of carbonyl (C=O) groups is 2. The van der Waals surface area contributed by atoms with E-state index < -0.39 is 23.5 Å². The Bertz CT molecular complexity index is 1200. The highest BCUT2D eigenvalue weighted by molar-refractivity contribution is 7.17. The molecule has 1 aliphatic rings. The van der Waals surface area contributed by atoms with Gasteiger partial charge in [-0.05, 0) is 31.0 Å². The number of phenolic OH excluding ortho intramolecular Hbond substituents is 1. The average Bonchev–Trinajstić information content (AvgIpc) is 3.33. The number of aryl methyl sites for hydroxylation is 1. The molecule has 7 nitrogen and oxygen atoms in total. The van der Waals surface area contributed by atoms with E-state index in [0.717, 1.165) is 5.56 Å². The topological polar surface area (TPSA) is 100.0 Å². The van der Waals surface area contributed by atoms with Crippen molar-refractivity contribution in [1.82, 2.24) is 9.88 Å². The summed E-state index contributed by atoms with van der Waals surface area (Å²) in [5, 5.41) is 21.2. The molecule has 3 aromatic rings. The predicted molar refractivity (Wildman–Crippen MR) is 125 cm³/mol. The second-order valence-electron chi connectivity index (χ2n) is 7.73. The number of thiazole rings is 1. The first-order valence-corrected chi connectivity index (χ1v) is 11.3. The minimum Gasteiger partial charge on any atom is -0.508 e. The molecule has 1 unspecified atom stereocenters. The molecular weight excluding hydrogens is 440 g/mol. The van der Waals surface area contributed by atoms with E-state index >= 15 is 0 Å². The highest BCUT2D eigenvalue weighted by Gasteiger charge is 2.44. The molecule has 33 heavy (non-hydrogen) atoms. The number of rotatable bonds is 8. The molecule has 0 aliphatic carbocycles. The number of phenols is 1. The number of hydrogen-bond donors (Lipinski definition) is 2. The standard InChI is InChI=1S/C25H24N2O5S/c1-15-23(33-24(26-15)17-7-4-3-5-8-17)21(29)19-20(16-9-11-18(28)12-10-16)27(13-6-14-32-2)25(31)22(19)30/h3-5,7-12,20,28,30H,6,13-14H2,1-2H3. The molecule has 170 valence electrons. The number of methoxy groups -OCH3 is 1. The van der Waals surface area contributed by atoms with Crippen LogP contribution in [0.5, 0.6) is 5.75 Å². The molecule has 1 aliphatic heterocycles. The molecule has 2 N–H and O–H groups in total. The maximum Gasteiger partial charge on any atom is 0.290 e. The second-order valence-corrected chi connectivity index (χ2v) is 8.73. The van der Waals surface area contributed by atoms with Crippen LogP contribution in [-0.4, -0.2) is 52.0 Å². The fourth-order valence-corrected chi connectivity index (χ4v) is 4.96. The van der Waals surface area contributed by atoms with Gasteiger partial charge < -0.3 is 19.8 Å². The lowest BCUT2D eigenvalue weighted by molar-refractivity contribution is -0.129. The number of aliphatic hydroxyl groups excluding tert-OH is 1. The number of benzene rings is 2. The maximum atomic E-state index is 13.7. The van der Waals surface area contributed by atoms with Crippen LogP contribution in [0.25, 0.3) is 10.6 Å². The first-order chi connectivity index (χ1) is 15.9. The van der Waals surface area contributed by atoms with Crippen LogP contribution in [-0.2, 0) is 9.53 Å². The fourth-order valence-electron chi connectivity index (χ4n) is 3.93. The van der Waals surface area contributed by atoms with Crippen LogP contribution in [0.1, 0.15) is 33.4 Å². The van der Waals surface area contributed by atoms with Gasteiger partial charge in [0.1, 0.15) is 10.8 Å². The van der Waals surface area contributed by atoms with Gasteiger partial charge in [0.05, 0.1) is 22.2 Å². The Hall–Kier alpha value is -3.49. The van der Waals surface area contributed by atoms with Crippen molar-refractivity contribution < 1.29 is 24.5 Å². The number of hydrogen-bond acceptors (Lipinski definition) is 7. The van der Waals surface area contributed by atoms with Crippen molar-refractivity contribution in [3.63, 3.8) is 0 Å². The first-order valence-electron chi connectivity index (χ1n) is 10.5. The molecule has 4 rings (SSSR count). The van der Waals surface area contributed by atoms with Gasteiger partial charge in [-0.2, -0.15) is 0 Å². The number of Topliss-reactive ketones (excluding diaryl/α,β-unsaturated/α-hetero) is 1. The van der Waals surface area contributed by atoms with Crippen LogP contribution in [0.15, 0.2) is 65.9 Å². The molecule has 0 bridgehead atoms. The number of nitrogens with zero attached hydrogens (tertiary/aromatic N) is 2. The number of ketones is 1. The van der Waals surface area contributed by atoms with Crippen LogP contribution in [0.4, 0.5) is 0 Å². The summed E-state index contributed by atoms with van der Waals surface area (Å²) in [5.41, 5.74) is 2.08. The predicted octanol–water partition coefficient (Wildman–Crippen LogP) is 4.44. The summed E-state index contributed by atoms with van der Waals surface area (Å²) in [5.74, 6) is -1.51. The van der Waals surface area contributed by atoms with Crippen LogP contribution in [0.2, 0.25) is 0 Å². The van der Waals surface area contributed by atoms with Crippen molar-refractivity contribution in [3.8, 4) is 16.3 Å². The second kappa shape index (κ2) is 9.56. The zero-order valence-electron chi connectivity index (χ0n) is 18.3. The monoisotopic (exact) mass is 464 g/mol. The van der Waals surface area contributed by atoms with Gasteiger partial charge in [-0.3, -0.25) is 9.59 Å². The van der Waals surface area contributed by atoms with Crippen molar-refractivity contribution >= 4 is 23.0 Å². The highest BCUT2D eigenvalue weighted by Crippen LogP contribution is 2.41. The van der Waals surface area contributed by atoms with Gasteiger partial charge >= 0.3 is 0 Å². The Labute approximate surface area is 195 Å². The Morgan fingerprint density at radius 3 is 2.48 bits per heavy atom. The van der Waals surface area contributed by atoms with Gasteiger partial charge in [-0.1, -0.05) is 42.5 Å². The van der Waals surface area contributed by atoms with E-state index in [2.05, 4.69) is 4.98 Å². The Morgan fingerprint density at radius 2 is 1.82 bits per heavy atom. The average molecular weight is 465 g/mol. The van der Waals surface area contributed by atoms with Gasteiger partial charge in [0.25, 0.3) is 5.91 Å². The van der Waals surface area contributed by atoms with E-state index in [0.29, 0.717) is 40.7 Å². The summed E-state index contributed by atoms with van der Waals surface area (Å²) in [4.78, 5) is 33.1. The van der Waals surface area contributed by atoms with E-state index in [-0.39, 0.29) is 11.3 Å². The number of ether oxygens (including phenoxy) is 1. The summed E-state index contributed by atoms with van der Waals surface area (Å²) in [7, 11) is 1.57. The largest absolute Gasteiger partial charge is 0.508 e. The minimum atomic E-state index is -0.774. The molecule has 0 saturated heterocycles. The Morgan fingerprint density at radius 1 is 1.12 bits per heavy atom. The van der Waals surface area contributed by atoms with Gasteiger partial charge in [-0.15, -0.1) is 11.3 Å². The lowest BCUT2D eigenvalue weighted by Crippen LogP contribution is -2.32. The van der Waals surface area contributed by atoms with Crippen LogP contribution in [0, 0.1) is 6.92 Å². The molecular formula is C25H24N2O5S. The summed E-state index contributed by atoms with van der Waals surface area (Å²) >= 11 is 1.24. The molecule has 0 radical (unpaired) electrons. The third-order valence-electron chi connectivity index (χ3n) is 5.53. The van der Waals surface area contributed by atoms with E-state index in [4.69, 9.17) is 4.74 Å². The lowest BCUT2D eigenvalue weighted by atomic mass is 9.95. The third kappa shape index (κ3) is 4.40. The quantitative estimate of drug-likeness (QED) is 0.378. The minimum absolute atomic E-state index is 0.0227. The van der Waals surface area contributed by atoms with E-state index in [9.17, 15) is 19.8 Å². The number of aliphatic hydroxyl groups is 1. The van der Waals surface area contributed by atoms with Crippen LogP contribution >= 0.6 is 11.3 Å². The van der Waals surface area contributed by atoms with Crippen molar-refractivity contribution in [3.05, 3.63) is 82.1 Å². The number of aromatic hydroxyl groups is 1. The summed E-state index contributed by atoms with van der Waals surface area (Å²) in [6, 6.07) is 15.1. The maximum absolute atomic E-state index is 13.7. The van der Waals surface area contributed by atoms with Crippen molar-refractivity contribution in [2.45, 2.75) is 19.4 Å². The molecule has 1 atom stereocenters. The Balaban J connectivity index is 1.75. The van der Waals surface area contributed by atoms with E-state index in [1.54, 1.807) is 26.2 Å². The molecule has 8 heteroatoms. The molecule has 1 amide bonds. The summed E-state index contributed by atoms with van der Waals surface area (Å²) in [6.07, 6.45) is 0.545. The van der Waals surface area contributed by atoms with Crippen molar-refractivity contribution in [2.24, 2.45) is 0 Å². The van der Waals surface area contributed by atoms with Crippen LogP contribution in [0.3, 0.4) is 0 Å². The molecule has 1 aromatic heterocycles. The molecule has 2 heterocycles. The number of amides is 1. The molecule has 0 fully saturated rings. The zero-order valence-corrected chi connectivity index (χ0v) is 19.1. The molecule has 2 aromatic carbocycles. The normalized spacial score (nSPS) is 16.0. The van der Waals surface area contributed by atoms with Crippen molar-refractivity contribution in [1.29, 1.82) is 0 Å². The first kappa shape index (κ1) is 22.7. The third-order valence-corrected chi connectivity index (χ3v) is 6.73. The smallest absolute Gasteiger partial charge is 0.290 e. The fraction of sp³-hybridized carbons (Fsp3) is 0.240. The van der Waals surface area contributed by atoms with Gasteiger partial charge in [0.2, 0.25) is 5.78 Å². The highest BCUT2D eigenvalue weighted by atomic mass is 32.1. The lowest BCUT2D eigenvalue weighted by Gasteiger charge is -2.26. The molecule has 0 saturated carbocycles. The summed E-state index contributed by atoms with van der Waals surface area (Å²) < 4.78 is 5.10. The van der Waals surface area contributed by atoms with Gasteiger partial charge in [0.15, 0.2) is 5.76 Å². The van der Waals surface area contributed by atoms with Crippen LogP contribution < -0.4 is 0 Å². The van der Waals surface area contributed by atoms with Gasteiger partial charge in [0, 0.05) is 25.8 Å². The Kier molecular flexibility index (Phi) is 6.57. The summed E-state index contributed by atoms with van der Waals surface area (Å²) in [6.45, 7) is 2.48. The van der Waals surface area contributed by atoms with Gasteiger partial charge in [-0.25, -0.2) is 4.98 Å². The molecule has 0 spiro atoms. The van der Waals surface area contributed by atoms with Crippen molar-refractivity contribution in [2.75, 3.05) is 20.3 Å². The van der Waals surface area contributed by atoms with E-state index in [1.165, 1.54) is 28.4 Å². The van der Waals surface area contributed by atoms with E-state index in [1.807, 2.05) is 30.3 Å². The zero-order chi connectivity index (χ0) is 23.5. The number of aromatic nitrogens is 1. The number of carbonyl (C=O) groups excluding carboxylic acids is 2.